The quantitative estimate of drug-likeness (QED) is 0.843. The molecule has 0 atom stereocenters. The summed E-state index contributed by atoms with van der Waals surface area (Å²) in [5, 5.41) is 7.07. The SMILES string of the molecule is CCNCc1ccc(NS(=O)(=O)c2cnn(C)c2)cc1. The number of sulfonamides is 1. The Balaban J connectivity index is 2.09. The van der Waals surface area contributed by atoms with E-state index in [1.807, 2.05) is 19.1 Å². The largest absolute Gasteiger partial charge is 0.313 e. The number of benzene rings is 1. The van der Waals surface area contributed by atoms with Gasteiger partial charge in [0.1, 0.15) is 4.90 Å². The van der Waals surface area contributed by atoms with Gasteiger partial charge < -0.3 is 5.32 Å². The zero-order valence-corrected chi connectivity index (χ0v) is 12.3. The van der Waals surface area contributed by atoms with E-state index < -0.39 is 10.0 Å². The Labute approximate surface area is 118 Å². The molecule has 7 heteroatoms. The molecule has 2 N–H and O–H groups in total. The van der Waals surface area contributed by atoms with Crippen molar-refractivity contribution in [3.63, 3.8) is 0 Å². The Kier molecular flexibility index (Phi) is 4.41. The molecule has 0 bridgehead atoms. The number of nitrogens with one attached hydrogen (secondary N) is 2. The molecule has 0 unspecified atom stereocenters. The van der Waals surface area contributed by atoms with Crippen LogP contribution in [0.1, 0.15) is 12.5 Å². The van der Waals surface area contributed by atoms with Gasteiger partial charge in [-0.3, -0.25) is 9.40 Å². The number of rotatable bonds is 6. The predicted molar refractivity (Wildman–Crippen MR) is 77.8 cm³/mol. The zero-order chi connectivity index (χ0) is 14.6. The van der Waals surface area contributed by atoms with E-state index >= 15 is 0 Å². The standard InChI is InChI=1S/C13H18N4O2S/c1-3-14-8-11-4-6-12(7-5-11)16-20(18,19)13-9-15-17(2)10-13/h4-7,9-10,14,16H,3,8H2,1-2H3. The van der Waals surface area contributed by atoms with Crippen LogP contribution >= 0.6 is 0 Å². The van der Waals surface area contributed by atoms with Crippen LogP contribution < -0.4 is 10.0 Å². The Bertz CT molecular complexity index is 662. The van der Waals surface area contributed by atoms with Gasteiger partial charge in [-0.1, -0.05) is 19.1 Å². The third-order valence-electron chi connectivity index (χ3n) is 2.78. The molecule has 1 aromatic heterocycles. The van der Waals surface area contributed by atoms with Crippen LogP contribution in [0.3, 0.4) is 0 Å². The van der Waals surface area contributed by atoms with Crippen molar-refractivity contribution >= 4 is 15.7 Å². The third kappa shape index (κ3) is 3.58. The van der Waals surface area contributed by atoms with Gasteiger partial charge in [-0.05, 0) is 24.2 Å². The number of aromatic nitrogens is 2. The first-order valence-electron chi connectivity index (χ1n) is 6.32. The third-order valence-corrected chi connectivity index (χ3v) is 4.11. The Hall–Kier alpha value is -1.86. The van der Waals surface area contributed by atoms with E-state index in [1.54, 1.807) is 19.2 Å². The monoisotopic (exact) mass is 294 g/mol. The summed E-state index contributed by atoms with van der Waals surface area (Å²) in [5.74, 6) is 0. The molecule has 0 radical (unpaired) electrons. The Morgan fingerprint density at radius 1 is 1.25 bits per heavy atom. The van der Waals surface area contributed by atoms with E-state index in [2.05, 4.69) is 15.1 Å². The Morgan fingerprint density at radius 3 is 2.50 bits per heavy atom. The van der Waals surface area contributed by atoms with Gasteiger partial charge in [-0.15, -0.1) is 0 Å². The molecule has 0 spiro atoms. The summed E-state index contributed by atoms with van der Waals surface area (Å²) in [6.45, 7) is 3.71. The van der Waals surface area contributed by atoms with E-state index in [4.69, 9.17) is 0 Å². The highest BCUT2D eigenvalue weighted by atomic mass is 32.2. The number of aryl methyl sites for hydroxylation is 1. The van der Waals surface area contributed by atoms with E-state index in [9.17, 15) is 8.42 Å². The summed E-state index contributed by atoms with van der Waals surface area (Å²) >= 11 is 0. The average molecular weight is 294 g/mol. The molecule has 0 aliphatic carbocycles. The topological polar surface area (TPSA) is 76.0 Å². The summed E-state index contributed by atoms with van der Waals surface area (Å²) in [4.78, 5) is 0.150. The van der Waals surface area contributed by atoms with Crippen molar-refractivity contribution < 1.29 is 8.42 Å². The van der Waals surface area contributed by atoms with Crippen LogP contribution in [0.25, 0.3) is 0 Å². The van der Waals surface area contributed by atoms with Crippen molar-refractivity contribution in [3.8, 4) is 0 Å². The summed E-state index contributed by atoms with van der Waals surface area (Å²) in [7, 11) is -1.90. The van der Waals surface area contributed by atoms with Crippen LogP contribution in [0.4, 0.5) is 5.69 Å². The van der Waals surface area contributed by atoms with Crippen LogP contribution in [0.15, 0.2) is 41.6 Å². The van der Waals surface area contributed by atoms with Gasteiger partial charge in [-0.2, -0.15) is 5.10 Å². The molecule has 0 aliphatic rings. The molecule has 0 fully saturated rings. The van der Waals surface area contributed by atoms with Gasteiger partial charge in [0, 0.05) is 25.5 Å². The summed E-state index contributed by atoms with van der Waals surface area (Å²) in [6, 6.07) is 7.29. The highest BCUT2D eigenvalue weighted by molar-refractivity contribution is 7.92. The number of nitrogens with zero attached hydrogens (tertiary/aromatic N) is 2. The molecule has 0 aliphatic heterocycles. The van der Waals surface area contributed by atoms with Gasteiger partial charge in [0.2, 0.25) is 0 Å². The van der Waals surface area contributed by atoms with Gasteiger partial charge in [0.05, 0.1) is 6.20 Å². The van der Waals surface area contributed by atoms with Crippen LogP contribution in [-0.2, 0) is 23.6 Å². The van der Waals surface area contributed by atoms with E-state index in [0.29, 0.717) is 5.69 Å². The molecular weight excluding hydrogens is 276 g/mol. The van der Waals surface area contributed by atoms with Crippen molar-refractivity contribution in [2.75, 3.05) is 11.3 Å². The maximum atomic E-state index is 12.1. The molecule has 6 nitrogen and oxygen atoms in total. The molecule has 20 heavy (non-hydrogen) atoms. The van der Waals surface area contributed by atoms with Crippen LogP contribution in [0.2, 0.25) is 0 Å². The van der Waals surface area contributed by atoms with Crippen LogP contribution in [0, 0.1) is 0 Å². The molecule has 1 aromatic carbocycles. The molecule has 2 rings (SSSR count). The molecule has 0 saturated heterocycles. The van der Waals surface area contributed by atoms with Crippen LogP contribution in [-0.4, -0.2) is 24.7 Å². The smallest absolute Gasteiger partial charge is 0.265 e. The second-order valence-electron chi connectivity index (χ2n) is 4.43. The van der Waals surface area contributed by atoms with Gasteiger partial charge in [0.25, 0.3) is 10.0 Å². The van der Waals surface area contributed by atoms with Crippen molar-refractivity contribution in [2.45, 2.75) is 18.4 Å². The van der Waals surface area contributed by atoms with E-state index in [0.717, 1.165) is 18.7 Å². The van der Waals surface area contributed by atoms with E-state index in [-0.39, 0.29) is 4.90 Å². The first-order valence-corrected chi connectivity index (χ1v) is 7.80. The second-order valence-corrected chi connectivity index (χ2v) is 6.11. The Morgan fingerprint density at radius 2 is 1.95 bits per heavy atom. The maximum absolute atomic E-state index is 12.1. The first-order chi connectivity index (χ1) is 9.51. The zero-order valence-electron chi connectivity index (χ0n) is 11.5. The summed E-state index contributed by atoms with van der Waals surface area (Å²) in [6.07, 6.45) is 2.78. The highest BCUT2D eigenvalue weighted by Gasteiger charge is 2.15. The fraction of sp³-hybridized carbons (Fsp3) is 0.308. The molecule has 0 amide bonds. The van der Waals surface area contributed by atoms with Crippen molar-refractivity contribution in [2.24, 2.45) is 7.05 Å². The maximum Gasteiger partial charge on any atom is 0.265 e. The minimum atomic E-state index is -3.57. The molecule has 2 aromatic rings. The number of hydrogen-bond acceptors (Lipinski definition) is 4. The summed E-state index contributed by atoms with van der Waals surface area (Å²) < 4.78 is 28.2. The lowest BCUT2D eigenvalue weighted by Gasteiger charge is -2.07. The predicted octanol–water partition coefficient (Wildman–Crippen LogP) is 1.33. The lowest BCUT2D eigenvalue weighted by molar-refractivity contribution is 0.601. The molecule has 1 heterocycles. The van der Waals surface area contributed by atoms with Crippen molar-refractivity contribution in [1.82, 2.24) is 15.1 Å². The lowest BCUT2D eigenvalue weighted by Crippen LogP contribution is -2.13. The first kappa shape index (κ1) is 14.5. The number of hydrogen-bond donors (Lipinski definition) is 2. The van der Waals surface area contributed by atoms with Gasteiger partial charge >= 0.3 is 0 Å². The molecule has 108 valence electrons. The highest BCUT2D eigenvalue weighted by Crippen LogP contribution is 2.15. The average Bonchev–Trinajstić information content (AvgIpc) is 2.85. The van der Waals surface area contributed by atoms with Crippen molar-refractivity contribution in [1.29, 1.82) is 0 Å². The minimum Gasteiger partial charge on any atom is -0.313 e. The van der Waals surface area contributed by atoms with Gasteiger partial charge in [0.15, 0.2) is 0 Å². The summed E-state index contributed by atoms with van der Waals surface area (Å²) in [5.41, 5.74) is 1.64. The van der Waals surface area contributed by atoms with Gasteiger partial charge in [-0.25, -0.2) is 8.42 Å². The fourth-order valence-electron chi connectivity index (χ4n) is 1.71. The lowest BCUT2D eigenvalue weighted by atomic mass is 10.2. The second kappa shape index (κ2) is 6.06. The molecular formula is C13H18N4O2S. The van der Waals surface area contributed by atoms with Crippen molar-refractivity contribution in [3.05, 3.63) is 42.2 Å². The van der Waals surface area contributed by atoms with Crippen LogP contribution in [0.5, 0.6) is 0 Å². The van der Waals surface area contributed by atoms with E-state index in [1.165, 1.54) is 17.1 Å². The normalized spacial score (nSPS) is 11.5. The minimum absolute atomic E-state index is 0.150. The molecule has 0 saturated carbocycles. The fourth-order valence-corrected chi connectivity index (χ4v) is 2.75. The number of anilines is 1.